The van der Waals surface area contributed by atoms with Gasteiger partial charge in [-0.1, -0.05) is 30.3 Å². The number of rotatable bonds is 5. The molecule has 2 aromatic rings. The van der Waals surface area contributed by atoms with Crippen molar-refractivity contribution in [3.05, 3.63) is 88.5 Å². The summed E-state index contributed by atoms with van der Waals surface area (Å²) < 4.78 is 8.99. The van der Waals surface area contributed by atoms with Crippen LogP contribution < -0.4 is 10.9 Å². The fourth-order valence-corrected chi connectivity index (χ4v) is 4.12. The van der Waals surface area contributed by atoms with Gasteiger partial charge in [0.25, 0.3) is 11.5 Å². The lowest BCUT2D eigenvalue weighted by Crippen LogP contribution is -2.20. The molecule has 1 saturated heterocycles. The van der Waals surface area contributed by atoms with Crippen LogP contribution >= 0.6 is 0 Å². The number of ether oxygens (including phenoxy) is 1. The number of hydrogen-bond donors (Lipinski definition) is 1. The Morgan fingerprint density at radius 3 is 2.75 bits per heavy atom. The number of amides is 1. The minimum atomic E-state index is -0.306. The van der Waals surface area contributed by atoms with Crippen molar-refractivity contribution in [1.29, 1.82) is 0 Å². The highest BCUT2D eigenvalue weighted by atomic mass is 16.5. The molecule has 7 nitrogen and oxygen atoms in total. The summed E-state index contributed by atoms with van der Waals surface area (Å²) >= 11 is 0. The van der Waals surface area contributed by atoms with E-state index in [4.69, 9.17) is 4.74 Å². The molecule has 0 saturated carbocycles. The summed E-state index contributed by atoms with van der Waals surface area (Å²) in [5.74, 6) is -0.306. The molecule has 0 spiro atoms. The van der Waals surface area contributed by atoms with Gasteiger partial charge in [0.05, 0.1) is 22.9 Å². The number of carbonyl (C=O) groups excluding carboxylic acids is 1. The summed E-state index contributed by atoms with van der Waals surface area (Å²) in [5, 5.41) is 7.48. The van der Waals surface area contributed by atoms with E-state index >= 15 is 0 Å². The number of carbonyl (C=O) groups is 1. The van der Waals surface area contributed by atoms with Crippen LogP contribution in [0.15, 0.2) is 71.8 Å². The summed E-state index contributed by atoms with van der Waals surface area (Å²) in [7, 11) is 0. The highest BCUT2D eigenvalue weighted by Gasteiger charge is 2.26. The van der Waals surface area contributed by atoms with Gasteiger partial charge in [0.1, 0.15) is 5.69 Å². The first-order chi connectivity index (χ1) is 15.6. The molecule has 1 fully saturated rings. The number of aromatic nitrogens is 3. The van der Waals surface area contributed by atoms with Gasteiger partial charge >= 0.3 is 0 Å². The molecule has 0 bridgehead atoms. The molecule has 3 aliphatic rings. The van der Waals surface area contributed by atoms with E-state index in [-0.39, 0.29) is 17.6 Å². The van der Waals surface area contributed by atoms with Crippen molar-refractivity contribution < 1.29 is 9.53 Å². The number of pyridine rings is 1. The van der Waals surface area contributed by atoms with E-state index in [9.17, 15) is 9.59 Å². The third-order valence-electron chi connectivity index (χ3n) is 5.68. The summed E-state index contributed by atoms with van der Waals surface area (Å²) in [6, 6.07) is 16.8. The average molecular weight is 428 g/mol. The Hall–Kier alpha value is -3.71. The molecule has 3 heterocycles. The minimum absolute atomic E-state index is 0.0735. The third-order valence-corrected chi connectivity index (χ3v) is 5.68. The lowest BCUT2D eigenvalue weighted by molar-refractivity contribution is 0.0961. The number of benzene rings is 2. The number of nitrogens with zero attached hydrogens (tertiary/aromatic N) is 3. The lowest BCUT2D eigenvalue weighted by atomic mass is 10.1. The van der Waals surface area contributed by atoms with Crippen LogP contribution in [0.5, 0.6) is 0 Å². The number of nitrogens with one attached hydrogen (secondary N) is 1. The monoisotopic (exact) mass is 428 g/mol. The van der Waals surface area contributed by atoms with E-state index in [0.717, 1.165) is 25.0 Å². The Balaban J connectivity index is 1.60. The zero-order chi connectivity index (χ0) is 22.1. The maximum atomic E-state index is 13.3. The van der Waals surface area contributed by atoms with E-state index in [2.05, 4.69) is 10.4 Å². The first-order valence-electron chi connectivity index (χ1n) is 10.8. The zero-order valence-electron chi connectivity index (χ0n) is 17.8. The second-order valence-electron chi connectivity index (χ2n) is 8.14. The van der Waals surface area contributed by atoms with Crippen molar-refractivity contribution in [2.45, 2.75) is 32.4 Å². The maximum Gasteiger partial charge on any atom is 0.282 e. The molecular formula is C25H24N4O3. The summed E-state index contributed by atoms with van der Waals surface area (Å²) in [6.07, 6.45) is 5.59. The fourth-order valence-electron chi connectivity index (χ4n) is 4.12. The lowest BCUT2D eigenvalue weighted by Gasteiger charge is -2.16. The predicted molar refractivity (Wildman–Crippen MR) is 123 cm³/mol. The Labute approximate surface area is 185 Å². The molecule has 0 aliphatic carbocycles. The van der Waals surface area contributed by atoms with Gasteiger partial charge in [0.2, 0.25) is 0 Å². The Kier molecular flexibility index (Phi) is 5.33. The molecule has 1 amide bonds. The molecule has 0 unspecified atom stereocenters. The SMILES string of the molecule is Cc1cccc(NC(=O)c2cn(C[C@H]3CCCO3)cc3c(=O)n(-c4ccccc4)nc2-3)c1. The topological polar surface area (TPSA) is 78.2 Å². The Bertz CT molecular complexity index is 1290. The second kappa shape index (κ2) is 8.43. The molecule has 1 N–H and O–H groups in total. The zero-order valence-corrected chi connectivity index (χ0v) is 17.8. The average Bonchev–Trinajstić information content (AvgIpc) is 3.42. The summed E-state index contributed by atoms with van der Waals surface area (Å²) in [5.41, 5.74) is 3.29. The van der Waals surface area contributed by atoms with E-state index in [1.807, 2.05) is 66.1 Å². The maximum absolute atomic E-state index is 13.3. The van der Waals surface area contributed by atoms with E-state index in [1.54, 1.807) is 12.4 Å². The van der Waals surface area contributed by atoms with Crippen LogP contribution in [-0.4, -0.2) is 33.0 Å². The van der Waals surface area contributed by atoms with Crippen molar-refractivity contribution in [1.82, 2.24) is 14.3 Å². The van der Waals surface area contributed by atoms with Gasteiger partial charge in [-0.25, -0.2) is 0 Å². The van der Waals surface area contributed by atoms with Crippen LogP contribution in [0, 0.1) is 6.92 Å². The van der Waals surface area contributed by atoms with Gasteiger partial charge in [-0.05, 0) is 49.6 Å². The smallest absolute Gasteiger partial charge is 0.282 e. The largest absolute Gasteiger partial charge is 0.376 e. The second-order valence-corrected chi connectivity index (χ2v) is 8.14. The predicted octanol–water partition coefficient (Wildman–Crippen LogP) is 3.88. The molecule has 0 radical (unpaired) electrons. The number of fused-ring (bicyclic) bond motifs is 1. The normalized spacial score (nSPS) is 15.8. The molecule has 1 atom stereocenters. The van der Waals surface area contributed by atoms with Crippen molar-refractivity contribution in [3.63, 3.8) is 0 Å². The van der Waals surface area contributed by atoms with Crippen LogP contribution in [0.3, 0.4) is 0 Å². The van der Waals surface area contributed by atoms with Crippen LogP contribution in [0.1, 0.15) is 28.8 Å². The standard InChI is InChI=1S/C25H24N4O3/c1-17-7-5-8-18(13-17)26-24(30)21-15-28(14-20-11-6-12-32-20)16-22-23(21)27-29(25(22)31)19-9-3-2-4-10-19/h2-5,7-10,13,15-16,20H,6,11-12,14H2,1H3,(H,26,30)/t20-/m1/s1. The van der Waals surface area contributed by atoms with Crippen molar-refractivity contribution >= 4 is 11.6 Å². The summed E-state index contributed by atoms with van der Waals surface area (Å²) in [6.45, 7) is 3.29. The number of hydrogen-bond acceptors (Lipinski definition) is 4. The van der Waals surface area contributed by atoms with Gasteiger partial charge in [-0.2, -0.15) is 9.78 Å². The number of para-hydroxylation sites is 1. The van der Waals surface area contributed by atoms with E-state index < -0.39 is 0 Å². The quantitative estimate of drug-likeness (QED) is 0.523. The van der Waals surface area contributed by atoms with Gasteiger partial charge in [-0.3, -0.25) is 9.59 Å². The van der Waals surface area contributed by atoms with Crippen LogP contribution in [-0.2, 0) is 11.3 Å². The first kappa shape index (κ1) is 20.2. The van der Waals surface area contributed by atoms with Gasteiger partial charge in [0, 0.05) is 31.2 Å². The minimum Gasteiger partial charge on any atom is -0.376 e. The molecular weight excluding hydrogens is 404 g/mol. The molecule has 5 rings (SSSR count). The highest BCUT2D eigenvalue weighted by Crippen LogP contribution is 2.25. The molecule has 162 valence electrons. The molecule has 3 aliphatic heterocycles. The molecule has 2 aromatic carbocycles. The Morgan fingerprint density at radius 1 is 1.16 bits per heavy atom. The fraction of sp³-hybridized carbons (Fsp3) is 0.240. The van der Waals surface area contributed by atoms with Crippen molar-refractivity contribution in [3.8, 4) is 16.9 Å². The van der Waals surface area contributed by atoms with Gasteiger partial charge in [0.15, 0.2) is 0 Å². The first-order valence-corrected chi connectivity index (χ1v) is 10.8. The van der Waals surface area contributed by atoms with Gasteiger partial charge in [-0.15, -0.1) is 0 Å². The van der Waals surface area contributed by atoms with Crippen LogP contribution in [0.2, 0.25) is 0 Å². The van der Waals surface area contributed by atoms with Crippen molar-refractivity contribution in [2.24, 2.45) is 0 Å². The van der Waals surface area contributed by atoms with Crippen molar-refractivity contribution in [2.75, 3.05) is 11.9 Å². The number of anilines is 1. The third kappa shape index (κ3) is 3.94. The van der Waals surface area contributed by atoms with E-state index in [1.165, 1.54) is 4.68 Å². The highest BCUT2D eigenvalue weighted by molar-refractivity contribution is 6.08. The molecule has 32 heavy (non-hydrogen) atoms. The molecule has 0 aromatic heterocycles. The van der Waals surface area contributed by atoms with Crippen LogP contribution in [0.4, 0.5) is 5.69 Å². The number of aryl methyl sites for hydroxylation is 1. The van der Waals surface area contributed by atoms with E-state index in [0.29, 0.717) is 34.7 Å². The molecule has 7 heteroatoms. The van der Waals surface area contributed by atoms with Crippen LogP contribution in [0.25, 0.3) is 16.9 Å². The van der Waals surface area contributed by atoms with Gasteiger partial charge < -0.3 is 14.6 Å². The Morgan fingerprint density at radius 2 is 2.00 bits per heavy atom. The summed E-state index contributed by atoms with van der Waals surface area (Å²) in [4.78, 5) is 26.5.